The Morgan fingerprint density at radius 1 is 1.65 bits per heavy atom. The molecule has 7 heteroatoms. The van der Waals surface area contributed by atoms with Crippen molar-refractivity contribution in [3.8, 4) is 0 Å². The van der Waals surface area contributed by atoms with Gasteiger partial charge in [0.1, 0.15) is 5.69 Å². The van der Waals surface area contributed by atoms with Gasteiger partial charge in [-0.15, -0.1) is 0 Å². The molecule has 2 N–H and O–H groups in total. The van der Waals surface area contributed by atoms with Crippen molar-refractivity contribution in [2.75, 3.05) is 13.7 Å². The van der Waals surface area contributed by atoms with E-state index in [-0.39, 0.29) is 24.6 Å². The van der Waals surface area contributed by atoms with Crippen LogP contribution in [0.1, 0.15) is 16.9 Å². The van der Waals surface area contributed by atoms with E-state index >= 15 is 0 Å². The average molecular weight is 241 g/mol. The van der Waals surface area contributed by atoms with Crippen LogP contribution in [0.3, 0.4) is 0 Å². The molecule has 0 spiro atoms. The fourth-order valence-electron chi connectivity index (χ4n) is 1.26. The fraction of sp³-hybridized carbons (Fsp3) is 0.500. The lowest BCUT2D eigenvalue weighted by Gasteiger charge is -2.13. The number of hydrogen-bond acceptors (Lipinski definition) is 4. The summed E-state index contributed by atoms with van der Waals surface area (Å²) in [6.45, 7) is 0.137. The molecule has 0 aliphatic heterocycles. The second-order valence-electron chi connectivity index (χ2n) is 3.59. The number of aromatic nitrogens is 2. The minimum absolute atomic E-state index is 0.137. The van der Waals surface area contributed by atoms with Crippen LogP contribution in [0, 0.1) is 0 Å². The summed E-state index contributed by atoms with van der Waals surface area (Å²) < 4.78 is 6.58. The maximum atomic E-state index is 11.6. The number of ether oxygens (including phenoxy) is 1. The van der Waals surface area contributed by atoms with E-state index in [0.717, 1.165) is 0 Å². The Hall–Kier alpha value is -1.89. The van der Waals surface area contributed by atoms with Crippen molar-refractivity contribution in [3.05, 3.63) is 18.2 Å². The summed E-state index contributed by atoms with van der Waals surface area (Å²) in [6.07, 6.45) is 2.40. The zero-order valence-electron chi connectivity index (χ0n) is 9.71. The van der Waals surface area contributed by atoms with Gasteiger partial charge in [-0.2, -0.15) is 0 Å². The standard InChI is InChI=1S/C10H15N3O4/c1-13-5-8(12-6-13)10(16)11-4-7(17-2)3-9(14)15/h5-7H,3-4H2,1-2H3,(H,11,16)(H,14,15). The number of hydrogen-bond donors (Lipinski definition) is 2. The Kier molecular flexibility index (Phi) is 4.65. The van der Waals surface area contributed by atoms with Crippen molar-refractivity contribution in [1.82, 2.24) is 14.9 Å². The number of carboxylic acids is 1. The van der Waals surface area contributed by atoms with Crippen LogP contribution in [0.15, 0.2) is 12.5 Å². The van der Waals surface area contributed by atoms with Crippen LogP contribution in [0.4, 0.5) is 0 Å². The van der Waals surface area contributed by atoms with Crippen LogP contribution in [0.5, 0.6) is 0 Å². The smallest absolute Gasteiger partial charge is 0.306 e. The van der Waals surface area contributed by atoms with Crippen molar-refractivity contribution in [2.45, 2.75) is 12.5 Å². The molecule has 0 bridgehead atoms. The first-order valence-electron chi connectivity index (χ1n) is 5.03. The van der Waals surface area contributed by atoms with Crippen molar-refractivity contribution < 1.29 is 19.4 Å². The number of amides is 1. The van der Waals surface area contributed by atoms with E-state index in [2.05, 4.69) is 10.3 Å². The predicted octanol–water partition coefficient (Wildman–Crippen LogP) is -0.360. The first-order chi connectivity index (χ1) is 8.02. The van der Waals surface area contributed by atoms with Crippen molar-refractivity contribution >= 4 is 11.9 Å². The van der Waals surface area contributed by atoms with E-state index in [9.17, 15) is 9.59 Å². The maximum Gasteiger partial charge on any atom is 0.306 e. The highest BCUT2D eigenvalue weighted by molar-refractivity contribution is 5.92. The number of aliphatic carboxylic acids is 1. The number of nitrogens with one attached hydrogen (secondary N) is 1. The number of rotatable bonds is 6. The quantitative estimate of drug-likeness (QED) is 0.709. The van der Waals surface area contributed by atoms with Gasteiger partial charge >= 0.3 is 5.97 Å². The van der Waals surface area contributed by atoms with E-state index in [4.69, 9.17) is 9.84 Å². The highest BCUT2D eigenvalue weighted by Gasteiger charge is 2.15. The molecule has 1 aromatic rings. The summed E-state index contributed by atoms with van der Waals surface area (Å²) in [5.74, 6) is -1.32. The normalized spacial score (nSPS) is 12.1. The van der Waals surface area contributed by atoms with Crippen LogP contribution in [-0.2, 0) is 16.6 Å². The summed E-state index contributed by atoms with van der Waals surface area (Å²) in [4.78, 5) is 25.9. The Morgan fingerprint density at radius 3 is 2.82 bits per heavy atom. The third-order valence-corrected chi connectivity index (χ3v) is 2.16. The number of carbonyl (C=O) groups is 2. The minimum Gasteiger partial charge on any atom is -0.481 e. The topological polar surface area (TPSA) is 93.5 Å². The predicted molar refractivity (Wildman–Crippen MR) is 58.6 cm³/mol. The Morgan fingerprint density at radius 2 is 2.35 bits per heavy atom. The number of carboxylic acid groups (broad SMARTS) is 1. The molecule has 0 aliphatic carbocycles. The van der Waals surface area contributed by atoms with Gasteiger partial charge in [-0.3, -0.25) is 9.59 Å². The van der Waals surface area contributed by atoms with Crippen LogP contribution in [-0.4, -0.2) is 46.3 Å². The molecule has 94 valence electrons. The Balaban J connectivity index is 2.44. The molecule has 0 saturated heterocycles. The average Bonchev–Trinajstić information content (AvgIpc) is 2.70. The minimum atomic E-state index is -0.969. The molecule has 1 rings (SSSR count). The Bertz CT molecular complexity index is 402. The van der Waals surface area contributed by atoms with Gasteiger partial charge in [0, 0.05) is 26.9 Å². The van der Waals surface area contributed by atoms with Crippen LogP contribution in [0.25, 0.3) is 0 Å². The molecule has 0 aromatic carbocycles. The molecule has 7 nitrogen and oxygen atoms in total. The molecule has 17 heavy (non-hydrogen) atoms. The molecular formula is C10H15N3O4. The lowest BCUT2D eigenvalue weighted by atomic mass is 10.2. The van der Waals surface area contributed by atoms with Crippen LogP contribution in [0.2, 0.25) is 0 Å². The summed E-state index contributed by atoms with van der Waals surface area (Å²) >= 11 is 0. The maximum absolute atomic E-state index is 11.6. The second-order valence-corrected chi connectivity index (χ2v) is 3.59. The summed E-state index contributed by atoms with van der Waals surface area (Å²) in [5, 5.41) is 11.2. The van der Waals surface area contributed by atoms with E-state index < -0.39 is 12.1 Å². The number of nitrogens with zero attached hydrogens (tertiary/aromatic N) is 2. The van der Waals surface area contributed by atoms with Crippen molar-refractivity contribution in [1.29, 1.82) is 0 Å². The first kappa shape index (κ1) is 13.2. The van der Waals surface area contributed by atoms with Crippen LogP contribution < -0.4 is 5.32 Å². The fourth-order valence-corrected chi connectivity index (χ4v) is 1.26. The molecule has 1 heterocycles. The summed E-state index contributed by atoms with van der Waals surface area (Å²) in [6, 6.07) is 0. The van der Waals surface area contributed by atoms with Gasteiger partial charge in [-0.1, -0.05) is 0 Å². The summed E-state index contributed by atoms with van der Waals surface area (Å²) in [7, 11) is 3.16. The molecule has 1 unspecified atom stereocenters. The van der Waals surface area contributed by atoms with E-state index in [1.807, 2.05) is 0 Å². The van der Waals surface area contributed by atoms with Gasteiger partial charge in [0.2, 0.25) is 0 Å². The second kappa shape index (κ2) is 6.00. The molecule has 1 aromatic heterocycles. The SMILES string of the molecule is COC(CNC(=O)c1cn(C)cn1)CC(=O)O. The first-order valence-corrected chi connectivity index (χ1v) is 5.03. The zero-order valence-corrected chi connectivity index (χ0v) is 9.71. The van der Waals surface area contributed by atoms with Gasteiger partial charge in [0.05, 0.1) is 18.9 Å². The summed E-state index contributed by atoms with van der Waals surface area (Å²) in [5.41, 5.74) is 0.290. The largest absolute Gasteiger partial charge is 0.481 e. The van der Waals surface area contributed by atoms with Gasteiger partial charge in [-0.05, 0) is 0 Å². The van der Waals surface area contributed by atoms with Crippen molar-refractivity contribution in [3.63, 3.8) is 0 Å². The van der Waals surface area contributed by atoms with Gasteiger partial charge < -0.3 is 19.7 Å². The van der Waals surface area contributed by atoms with Crippen LogP contribution >= 0.6 is 0 Å². The molecule has 0 saturated carbocycles. The molecule has 0 fully saturated rings. The number of aryl methyl sites for hydroxylation is 1. The van der Waals surface area contributed by atoms with E-state index in [1.54, 1.807) is 17.8 Å². The molecule has 0 aliphatic rings. The number of carbonyl (C=O) groups excluding carboxylic acids is 1. The third-order valence-electron chi connectivity index (χ3n) is 2.16. The van der Waals surface area contributed by atoms with E-state index in [1.165, 1.54) is 13.4 Å². The lowest BCUT2D eigenvalue weighted by molar-refractivity contribution is -0.139. The van der Waals surface area contributed by atoms with Gasteiger partial charge in [-0.25, -0.2) is 4.98 Å². The lowest BCUT2D eigenvalue weighted by Crippen LogP contribution is -2.34. The number of imidazole rings is 1. The molecular weight excluding hydrogens is 226 g/mol. The molecule has 1 atom stereocenters. The third kappa shape index (κ3) is 4.23. The van der Waals surface area contributed by atoms with Gasteiger partial charge in [0.25, 0.3) is 5.91 Å². The van der Waals surface area contributed by atoms with Gasteiger partial charge in [0.15, 0.2) is 0 Å². The van der Waals surface area contributed by atoms with Crippen molar-refractivity contribution in [2.24, 2.45) is 7.05 Å². The number of methoxy groups -OCH3 is 1. The monoisotopic (exact) mass is 241 g/mol. The zero-order chi connectivity index (χ0) is 12.8. The highest BCUT2D eigenvalue weighted by Crippen LogP contribution is 1.98. The highest BCUT2D eigenvalue weighted by atomic mass is 16.5. The Labute approximate surface area is 98.4 Å². The molecule has 0 radical (unpaired) electrons. The van der Waals surface area contributed by atoms with E-state index in [0.29, 0.717) is 0 Å². The molecule has 1 amide bonds.